The highest BCUT2D eigenvalue weighted by molar-refractivity contribution is 7.85. The smallest absolute Gasteiger partial charge is 0.419 e. The van der Waals surface area contributed by atoms with Gasteiger partial charge in [0.2, 0.25) is 0 Å². The van der Waals surface area contributed by atoms with Crippen molar-refractivity contribution in [1.29, 1.82) is 0 Å². The van der Waals surface area contributed by atoms with Gasteiger partial charge in [0.1, 0.15) is 18.0 Å². The SMILES string of the molecule is C=C(C)C1(Oc2cc(C(=O)OCCS(=O)(=O)[O-])ccc2C(F)(F)F)CC2CC1C1CCCC21. The molecule has 0 aromatic heterocycles. The first-order valence-corrected chi connectivity index (χ1v) is 12.6. The fraction of sp³-hybridized carbons (Fsp3) is 0.609. The largest absolute Gasteiger partial charge is 0.748 e. The summed E-state index contributed by atoms with van der Waals surface area (Å²) in [6, 6.07) is 2.69. The highest BCUT2D eigenvalue weighted by Gasteiger charge is 2.63. The topological polar surface area (TPSA) is 92.7 Å². The van der Waals surface area contributed by atoms with Gasteiger partial charge in [0.25, 0.3) is 0 Å². The Kier molecular flexibility index (Phi) is 6.05. The van der Waals surface area contributed by atoms with Crippen molar-refractivity contribution in [2.24, 2.45) is 23.7 Å². The van der Waals surface area contributed by atoms with Crippen molar-refractivity contribution in [2.45, 2.75) is 50.8 Å². The van der Waals surface area contributed by atoms with Crippen LogP contribution in [0.2, 0.25) is 0 Å². The fourth-order valence-electron chi connectivity index (χ4n) is 6.27. The maximum atomic E-state index is 13.8. The van der Waals surface area contributed by atoms with Crippen LogP contribution < -0.4 is 4.74 Å². The van der Waals surface area contributed by atoms with Gasteiger partial charge < -0.3 is 14.0 Å². The second-order valence-corrected chi connectivity index (χ2v) is 11.0. The van der Waals surface area contributed by atoms with Crippen LogP contribution in [-0.4, -0.2) is 36.9 Å². The lowest BCUT2D eigenvalue weighted by atomic mass is 9.70. The summed E-state index contributed by atoms with van der Waals surface area (Å²) in [5.74, 6) is -0.984. The minimum Gasteiger partial charge on any atom is -0.748 e. The molecule has 182 valence electrons. The first-order chi connectivity index (χ1) is 15.3. The molecule has 0 amide bonds. The standard InChI is InChI=1S/C23H27F3O6S/c1-13(2)22(12-15-10-19(22)17-5-3-4-16(15)17)32-20-11-14(6-7-18(20)23(24,25)26)21(27)31-8-9-33(28,29)30/h6-7,11,15-17,19H,1,3-5,8-10,12H2,2H3,(H,28,29,30)/p-1. The van der Waals surface area contributed by atoms with Crippen molar-refractivity contribution >= 4 is 16.1 Å². The molecular formula is C23H26F3O6S-. The van der Waals surface area contributed by atoms with Crippen molar-refractivity contribution in [1.82, 2.24) is 0 Å². The van der Waals surface area contributed by atoms with E-state index in [1.54, 1.807) is 6.92 Å². The highest BCUT2D eigenvalue weighted by atomic mass is 32.2. The van der Waals surface area contributed by atoms with Crippen molar-refractivity contribution in [2.75, 3.05) is 12.4 Å². The van der Waals surface area contributed by atoms with Gasteiger partial charge >= 0.3 is 12.1 Å². The molecule has 4 rings (SSSR count). The Morgan fingerprint density at radius 1 is 1.27 bits per heavy atom. The van der Waals surface area contributed by atoms with Crippen LogP contribution in [0, 0.1) is 23.7 Å². The maximum absolute atomic E-state index is 13.8. The van der Waals surface area contributed by atoms with E-state index in [9.17, 15) is 30.9 Å². The molecule has 3 saturated carbocycles. The number of hydrogen-bond donors (Lipinski definition) is 0. The van der Waals surface area contributed by atoms with E-state index >= 15 is 0 Å². The van der Waals surface area contributed by atoms with Gasteiger partial charge in [-0.1, -0.05) is 13.0 Å². The molecule has 0 spiro atoms. The summed E-state index contributed by atoms with van der Waals surface area (Å²) in [6.07, 6.45) is 0.0785. The number of carbonyl (C=O) groups is 1. The van der Waals surface area contributed by atoms with E-state index in [4.69, 9.17) is 9.47 Å². The molecule has 1 aromatic carbocycles. The van der Waals surface area contributed by atoms with Crippen LogP contribution in [0.4, 0.5) is 13.2 Å². The Balaban J connectivity index is 1.64. The van der Waals surface area contributed by atoms with Crippen LogP contribution in [-0.2, 0) is 21.0 Å². The number of fused-ring (bicyclic) bond motifs is 5. The van der Waals surface area contributed by atoms with Crippen LogP contribution in [0.15, 0.2) is 30.4 Å². The Morgan fingerprint density at radius 2 is 1.97 bits per heavy atom. The van der Waals surface area contributed by atoms with Crippen LogP contribution in [0.5, 0.6) is 5.75 Å². The number of hydrogen-bond acceptors (Lipinski definition) is 6. The van der Waals surface area contributed by atoms with Crippen molar-refractivity contribution in [3.8, 4) is 5.75 Å². The lowest BCUT2D eigenvalue weighted by Crippen LogP contribution is -2.47. The second kappa shape index (κ2) is 8.30. The van der Waals surface area contributed by atoms with Gasteiger partial charge in [-0.25, -0.2) is 13.2 Å². The first-order valence-electron chi connectivity index (χ1n) is 11.0. The monoisotopic (exact) mass is 487 g/mol. The minimum absolute atomic E-state index is 0.0754. The summed E-state index contributed by atoms with van der Waals surface area (Å²) in [6.45, 7) is 5.15. The van der Waals surface area contributed by atoms with Crippen LogP contribution in [0.3, 0.4) is 0 Å². The molecule has 0 saturated heterocycles. The third-order valence-electron chi connectivity index (χ3n) is 7.57. The number of esters is 1. The normalized spacial score (nSPS) is 30.8. The number of rotatable bonds is 7. The van der Waals surface area contributed by atoms with E-state index in [0.717, 1.165) is 43.9 Å². The zero-order valence-corrected chi connectivity index (χ0v) is 19.0. The molecule has 3 fully saturated rings. The van der Waals surface area contributed by atoms with Gasteiger partial charge in [-0.3, -0.25) is 0 Å². The van der Waals surface area contributed by atoms with E-state index in [2.05, 4.69) is 6.58 Å². The van der Waals surface area contributed by atoms with E-state index < -0.39 is 51.5 Å². The summed E-state index contributed by atoms with van der Waals surface area (Å²) in [4.78, 5) is 12.3. The number of carbonyl (C=O) groups excluding carboxylic acids is 1. The van der Waals surface area contributed by atoms with Gasteiger partial charge in [0.15, 0.2) is 0 Å². The first kappa shape index (κ1) is 24.1. The van der Waals surface area contributed by atoms with Gasteiger partial charge in [0, 0.05) is 5.92 Å². The number of alkyl halides is 3. The average Bonchev–Trinajstić information content (AvgIpc) is 3.38. The Hall–Kier alpha value is -2.07. The summed E-state index contributed by atoms with van der Waals surface area (Å²) in [7, 11) is -4.59. The fourth-order valence-corrected chi connectivity index (χ4v) is 6.56. The Labute approximate surface area is 190 Å². The highest BCUT2D eigenvalue weighted by Crippen LogP contribution is 2.65. The lowest BCUT2D eigenvalue weighted by molar-refractivity contribution is -0.140. The molecule has 3 aliphatic rings. The molecule has 10 heteroatoms. The number of benzene rings is 1. The molecule has 0 aliphatic heterocycles. The quantitative estimate of drug-likeness (QED) is 0.318. The third-order valence-corrected chi connectivity index (χ3v) is 8.24. The molecule has 5 unspecified atom stereocenters. The summed E-state index contributed by atoms with van der Waals surface area (Å²) in [5, 5.41) is 0. The van der Waals surface area contributed by atoms with Gasteiger partial charge in [0.05, 0.1) is 27.0 Å². The molecule has 0 radical (unpaired) electrons. The van der Waals surface area contributed by atoms with Gasteiger partial charge in [-0.05, 0) is 74.1 Å². The lowest BCUT2D eigenvalue weighted by Gasteiger charge is -2.44. The molecule has 6 nitrogen and oxygen atoms in total. The average molecular weight is 488 g/mol. The van der Waals surface area contributed by atoms with Crippen molar-refractivity contribution < 1.29 is 40.4 Å². The predicted octanol–water partition coefficient (Wildman–Crippen LogP) is 4.56. The minimum atomic E-state index is -4.71. The molecule has 1 aromatic rings. The third kappa shape index (κ3) is 4.51. The molecular weight excluding hydrogens is 461 g/mol. The summed E-state index contributed by atoms with van der Waals surface area (Å²) in [5.41, 5.74) is -1.50. The molecule has 5 atom stereocenters. The number of halogens is 3. The summed E-state index contributed by atoms with van der Waals surface area (Å²) < 4.78 is 84.4. The molecule has 3 aliphatic carbocycles. The van der Waals surface area contributed by atoms with Crippen LogP contribution in [0.1, 0.15) is 54.9 Å². The number of ether oxygens (including phenoxy) is 2. The Morgan fingerprint density at radius 3 is 2.61 bits per heavy atom. The van der Waals surface area contributed by atoms with E-state index in [1.165, 1.54) is 0 Å². The predicted molar refractivity (Wildman–Crippen MR) is 112 cm³/mol. The van der Waals surface area contributed by atoms with Crippen molar-refractivity contribution in [3.05, 3.63) is 41.5 Å². The van der Waals surface area contributed by atoms with E-state index in [-0.39, 0.29) is 11.5 Å². The van der Waals surface area contributed by atoms with Gasteiger partial charge in [-0.15, -0.1) is 0 Å². The molecule has 2 bridgehead atoms. The second-order valence-electron chi connectivity index (χ2n) is 9.44. The van der Waals surface area contributed by atoms with E-state index in [0.29, 0.717) is 29.7 Å². The zero-order valence-electron chi connectivity index (χ0n) is 18.2. The van der Waals surface area contributed by atoms with Crippen molar-refractivity contribution in [3.63, 3.8) is 0 Å². The van der Waals surface area contributed by atoms with Crippen LogP contribution in [0.25, 0.3) is 0 Å². The summed E-state index contributed by atoms with van der Waals surface area (Å²) >= 11 is 0. The van der Waals surface area contributed by atoms with Gasteiger partial charge in [-0.2, -0.15) is 13.2 Å². The zero-order chi connectivity index (χ0) is 24.2. The molecule has 33 heavy (non-hydrogen) atoms. The maximum Gasteiger partial charge on any atom is 0.419 e. The van der Waals surface area contributed by atoms with E-state index in [1.807, 2.05) is 0 Å². The molecule has 0 N–H and O–H groups in total. The Bertz CT molecular complexity index is 1070. The molecule has 0 heterocycles. The van der Waals surface area contributed by atoms with Crippen LogP contribution >= 0.6 is 0 Å².